The molecule has 76 valence electrons. The van der Waals surface area contributed by atoms with Crippen LogP contribution < -0.4 is 5.56 Å². The van der Waals surface area contributed by atoms with Gasteiger partial charge in [-0.2, -0.15) is 0 Å². The molecule has 0 aliphatic rings. The number of nitrogens with one attached hydrogen (secondary N) is 1. The second kappa shape index (κ2) is 4.09. The highest BCUT2D eigenvalue weighted by Gasteiger charge is 2.14. The van der Waals surface area contributed by atoms with Crippen LogP contribution in [0.4, 0.5) is 0 Å². The van der Waals surface area contributed by atoms with Crippen molar-refractivity contribution in [2.75, 3.05) is 0 Å². The number of aromatic hydroxyl groups is 1. The predicted octanol–water partition coefficient (Wildman–Crippen LogP) is 1.37. The molecule has 0 fully saturated rings. The number of aromatic amines is 1. The molecule has 4 heteroatoms. The summed E-state index contributed by atoms with van der Waals surface area (Å²) in [6.45, 7) is 3.49. The highest BCUT2D eigenvalue weighted by atomic mass is 16.3. The van der Waals surface area contributed by atoms with Crippen LogP contribution in [-0.2, 0) is 0 Å². The summed E-state index contributed by atoms with van der Waals surface area (Å²) in [5.74, 6) is -0.545. The molecule has 0 aliphatic carbocycles. The summed E-state index contributed by atoms with van der Waals surface area (Å²) in [5.41, 5.74) is -0.0982. The Labute approximate surface area is 81.6 Å². The molecule has 0 saturated heterocycles. The van der Waals surface area contributed by atoms with Crippen molar-refractivity contribution in [1.29, 1.82) is 0 Å². The molecule has 0 radical (unpaired) electrons. The third-order valence-electron chi connectivity index (χ3n) is 1.90. The third kappa shape index (κ3) is 2.02. The Morgan fingerprint density at radius 2 is 2.21 bits per heavy atom. The highest BCUT2D eigenvalue weighted by Crippen LogP contribution is 2.15. The molecule has 0 spiro atoms. The average Bonchev–Trinajstić information content (AvgIpc) is 2.01. The Kier molecular flexibility index (Phi) is 3.06. The van der Waals surface area contributed by atoms with E-state index in [0.29, 0.717) is 12.1 Å². The Morgan fingerprint density at radius 3 is 2.71 bits per heavy atom. The number of carbonyl (C=O) groups is 1. The van der Waals surface area contributed by atoms with Crippen LogP contribution in [0.3, 0.4) is 0 Å². The van der Waals surface area contributed by atoms with E-state index in [-0.39, 0.29) is 23.5 Å². The summed E-state index contributed by atoms with van der Waals surface area (Å²) in [5, 5.41) is 9.43. The molecule has 0 bridgehead atoms. The second-order valence-corrected chi connectivity index (χ2v) is 3.21. The minimum absolute atomic E-state index is 0.127. The molecular formula is C10H13NO3. The molecule has 1 aromatic rings. The van der Waals surface area contributed by atoms with E-state index in [4.69, 9.17) is 0 Å². The van der Waals surface area contributed by atoms with Gasteiger partial charge in [-0.1, -0.05) is 6.92 Å². The summed E-state index contributed by atoms with van der Waals surface area (Å²) < 4.78 is 0. The first-order valence-electron chi connectivity index (χ1n) is 4.52. The van der Waals surface area contributed by atoms with E-state index in [1.165, 1.54) is 6.07 Å². The minimum Gasteiger partial charge on any atom is -0.507 e. The van der Waals surface area contributed by atoms with Crippen molar-refractivity contribution in [3.05, 3.63) is 27.7 Å². The van der Waals surface area contributed by atoms with E-state index in [1.807, 2.05) is 6.92 Å². The number of ketones is 1. The Morgan fingerprint density at radius 1 is 1.57 bits per heavy atom. The van der Waals surface area contributed by atoms with Crippen LogP contribution in [-0.4, -0.2) is 15.9 Å². The number of aryl methyl sites for hydroxylation is 1. The third-order valence-corrected chi connectivity index (χ3v) is 1.90. The van der Waals surface area contributed by atoms with E-state index in [0.717, 1.165) is 0 Å². The normalized spacial score (nSPS) is 10.1. The van der Waals surface area contributed by atoms with Crippen molar-refractivity contribution in [1.82, 2.24) is 4.98 Å². The largest absolute Gasteiger partial charge is 0.507 e. The molecule has 1 aromatic heterocycles. The smallest absolute Gasteiger partial charge is 0.262 e. The van der Waals surface area contributed by atoms with Crippen molar-refractivity contribution in [3.63, 3.8) is 0 Å². The van der Waals surface area contributed by atoms with Gasteiger partial charge in [-0.25, -0.2) is 0 Å². The van der Waals surface area contributed by atoms with Gasteiger partial charge >= 0.3 is 0 Å². The van der Waals surface area contributed by atoms with Crippen molar-refractivity contribution in [3.8, 4) is 5.75 Å². The number of hydrogen-bond acceptors (Lipinski definition) is 3. The lowest BCUT2D eigenvalue weighted by Crippen LogP contribution is -2.18. The van der Waals surface area contributed by atoms with Crippen LogP contribution in [0.5, 0.6) is 5.75 Å². The zero-order valence-electron chi connectivity index (χ0n) is 8.26. The zero-order valence-corrected chi connectivity index (χ0v) is 8.26. The number of H-pyrrole nitrogens is 1. The van der Waals surface area contributed by atoms with Crippen LogP contribution >= 0.6 is 0 Å². The molecule has 0 saturated carbocycles. The maximum Gasteiger partial charge on any atom is 0.262 e. The Hall–Kier alpha value is -1.58. The van der Waals surface area contributed by atoms with Gasteiger partial charge in [0.1, 0.15) is 11.3 Å². The predicted molar refractivity (Wildman–Crippen MR) is 52.7 cm³/mol. The van der Waals surface area contributed by atoms with Gasteiger partial charge in [0.15, 0.2) is 5.78 Å². The maximum absolute atomic E-state index is 11.4. The first-order valence-corrected chi connectivity index (χ1v) is 4.52. The summed E-state index contributed by atoms with van der Waals surface area (Å²) in [7, 11) is 0. The van der Waals surface area contributed by atoms with E-state index in [9.17, 15) is 14.7 Å². The van der Waals surface area contributed by atoms with Crippen molar-refractivity contribution >= 4 is 5.78 Å². The highest BCUT2D eigenvalue weighted by molar-refractivity contribution is 5.98. The molecule has 0 atom stereocenters. The maximum atomic E-state index is 11.4. The number of Topliss-reactive ketones (excluding diaryl/α,β-unsaturated/α-hetero) is 1. The lowest BCUT2D eigenvalue weighted by molar-refractivity contribution is 0.0977. The summed E-state index contributed by atoms with van der Waals surface area (Å²) >= 11 is 0. The SMILES string of the molecule is CCCC(=O)c1c(O)cc(C)[nH]c1=O. The van der Waals surface area contributed by atoms with E-state index >= 15 is 0 Å². The first kappa shape index (κ1) is 10.5. The number of pyridine rings is 1. The number of aromatic nitrogens is 1. The number of carbonyl (C=O) groups excluding carboxylic acids is 1. The average molecular weight is 195 g/mol. The van der Waals surface area contributed by atoms with Gasteiger partial charge in [0.25, 0.3) is 5.56 Å². The first-order chi connectivity index (χ1) is 6.56. The molecule has 14 heavy (non-hydrogen) atoms. The molecule has 4 nitrogen and oxygen atoms in total. The Bertz CT molecular complexity index is 406. The van der Waals surface area contributed by atoms with E-state index in [1.54, 1.807) is 6.92 Å². The van der Waals surface area contributed by atoms with Gasteiger partial charge in [-0.05, 0) is 19.4 Å². The molecule has 0 unspecified atom stereocenters. The zero-order chi connectivity index (χ0) is 10.7. The summed E-state index contributed by atoms with van der Waals surface area (Å²) in [4.78, 5) is 25.2. The van der Waals surface area contributed by atoms with Gasteiger partial charge in [-0.15, -0.1) is 0 Å². The molecule has 1 rings (SSSR count). The Balaban J connectivity index is 3.21. The van der Waals surface area contributed by atoms with E-state index < -0.39 is 5.56 Å². The van der Waals surface area contributed by atoms with Gasteiger partial charge in [0.2, 0.25) is 0 Å². The number of hydrogen-bond donors (Lipinski definition) is 2. The van der Waals surface area contributed by atoms with Gasteiger partial charge in [0.05, 0.1) is 0 Å². The fourth-order valence-electron chi connectivity index (χ4n) is 1.29. The van der Waals surface area contributed by atoms with Crippen molar-refractivity contribution < 1.29 is 9.90 Å². The van der Waals surface area contributed by atoms with Crippen LogP contribution in [0.1, 0.15) is 35.8 Å². The summed E-state index contributed by atoms with van der Waals surface area (Å²) in [6, 6.07) is 1.38. The van der Waals surface area contributed by atoms with Crippen LogP contribution in [0, 0.1) is 6.92 Å². The van der Waals surface area contributed by atoms with Crippen LogP contribution in [0.15, 0.2) is 10.9 Å². The van der Waals surface area contributed by atoms with Crippen molar-refractivity contribution in [2.24, 2.45) is 0 Å². The lowest BCUT2D eigenvalue weighted by atomic mass is 10.1. The summed E-state index contributed by atoms with van der Waals surface area (Å²) in [6.07, 6.45) is 0.936. The molecule has 0 amide bonds. The molecular weight excluding hydrogens is 182 g/mol. The standard InChI is InChI=1S/C10H13NO3/c1-3-4-7(12)9-8(13)5-6(2)11-10(9)14/h5H,3-4H2,1-2H3,(H2,11,13,14). The van der Waals surface area contributed by atoms with Gasteiger partial charge < -0.3 is 10.1 Å². The molecule has 2 N–H and O–H groups in total. The van der Waals surface area contributed by atoms with Crippen LogP contribution in [0.2, 0.25) is 0 Å². The fourth-order valence-corrected chi connectivity index (χ4v) is 1.29. The number of rotatable bonds is 3. The monoisotopic (exact) mass is 195 g/mol. The van der Waals surface area contributed by atoms with Gasteiger partial charge in [-0.3, -0.25) is 9.59 Å². The lowest BCUT2D eigenvalue weighted by Gasteiger charge is -2.02. The van der Waals surface area contributed by atoms with Crippen molar-refractivity contribution in [2.45, 2.75) is 26.7 Å². The molecule has 1 heterocycles. The topological polar surface area (TPSA) is 70.2 Å². The van der Waals surface area contributed by atoms with Gasteiger partial charge in [0, 0.05) is 12.1 Å². The fraction of sp³-hybridized carbons (Fsp3) is 0.400. The quantitative estimate of drug-likeness (QED) is 0.715. The van der Waals surface area contributed by atoms with E-state index in [2.05, 4.69) is 4.98 Å². The molecule has 0 aliphatic heterocycles. The second-order valence-electron chi connectivity index (χ2n) is 3.21. The molecule has 0 aromatic carbocycles. The minimum atomic E-state index is -0.513. The van der Waals surface area contributed by atoms with Crippen LogP contribution in [0.25, 0.3) is 0 Å².